The second-order valence-electron chi connectivity index (χ2n) is 5.22. The lowest BCUT2D eigenvalue weighted by molar-refractivity contribution is 0.0687. The molecule has 4 nitrogen and oxygen atoms in total. The van der Waals surface area contributed by atoms with E-state index in [1.807, 2.05) is 11.8 Å². The highest BCUT2D eigenvalue weighted by Crippen LogP contribution is 2.26. The Kier molecular flexibility index (Phi) is 4.43. The van der Waals surface area contributed by atoms with Gasteiger partial charge in [0.1, 0.15) is 5.75 Å². The monoisotopic (exact) mass is 262 g/mol. The molecule has 1 aromatic rings. The lowest BCUT2D eigenvalue weighted by atomic mass is 10.1. The fourth-order valence-corrected chi connectivity index (χ4v) is 2.85. The molecule has 104 valence electrons. The van der Waals surface area contributed by atoms with E-state index < -0.39 is 0 Å². The number of nitrogens with two attached hydrogens (primary N) is 1. The standard InChI is InChI=1S/C15H22N2O2/c1-11-10-13(18)6-7-14(11)15(19)17(9-8-16)12-4-2-3-5-12/h6-7,10,12,18H,2-5,8-9,16H2,1H3. The lowest BCUT2D eigenvalue weighted by Crippen LogP contribution is -2.42. The first kappa shape index (κ1) is 13.9. The van der Waals surface area contributed by atoms with E-state index in [0.29, 0.717) is 24.7 Å². The Hall–Kier alpha value is -1.55. The zero-order valence-corrected chi connectivity index (χ0v) is 11.4. The Bertz CT molecular complexity index is 453. The molecule has 1 aliphatic carbocycles. The Morgan fingerprint density at radius 2 is 2.11 bits per heavy atom. The van der Waals surface area contributed by atoms with E-state index in [4.69, 9.17) is 5.73 Å². The van der Waals surface area contributed by atoms with Gasteiger partial charge < -0.3 is 15.7 Å². The summed E-state index contributed by atoms with van der Waals surface area (Å²) in [6, 6.07) is 5.22. The van der Waals surface area contributed by atoms with Crippen molar-refractivity contribution in [3.63, 3.8) is 0 Å². The van der Waals surface area contributed by atoms with Gasteiger partial charge in [0, 0.05) is 24.7 Å². The van der Waals surface area contributed by atoms with Crippen LogP contribution in [-0.2, 0) is 0 Å². The Labute approximate surface area is 114 Å². The van der Waals surface area contributed by atoms with Crippen LogP contribution in [0.5, 0.6) is 5.75 Å². The third-order valence-electron chi connectivity index (χ3n) is 3.84. The van der Waals surface area contributed by atoms with Crippen LogP contribution in [-0.4, -0.2) is 35.0 Å². The molecule has 0 unspecified atom stereocenters. The molecule has 1 amide bonds. The number of benzene rings is 1. The number of phenols is 1. The molecule has 0 aromatic heterocycles. The molecule has 0 heterocycles. The zero-order valence-electron chi connectivity index (χ0n) is 11.4. The smallest absolute Gasteiger partial charge is 0.254 e. The van der Waals surface area contributed by atoms with Gasteiger partial charge in [0.05, 0.1) is 0 Å². The van der Waals surface area contributed by atoms with E-state index in [9.17, 15) is 9.90 Å². The normalized spacial score (nSPS) is 15.7. The number of nitrogens with zero attached hydrogens (tertiary/aromatic N) is 1. The summed E-state index contributed by atoms with van der Waals surface area (Å²) in [7, 11) is 0. The zero-order chi connectivity index (χ0) is 13.8. The van der Waals surface area contributed by atoms with Crippen molar-refractivity contribution in [3.8, 4) is 5.75 Å². The summed E-state index contributed by atoms with van der Waals surface area (Å²) in [5.41, 5.74) is 7.12. The second-order valence-corrected chi connectivity index (χ2v) is 5.22. The first-order valence-corrected chi connectivity index (χ1v) is 6.94. The maximum atomic E-state index is 12.6. The number of aromatic hydroxyl groups is 1. The summed E-state index contributed by atoms with van der Waals surface area (Å²) in [5.74, 6) is 0.232. The van der Waals surface area contributed by atoms with Gasteiger partial charge in [-0.1, -0.05) is 12.8 Å². The minimum atomic E-state index is 0.0369. The molecule has 1 aromatic carbocycles. The highest BCUT2D eigenvalue weighted by Gasteiger charge is 2.27. The number of amides is 1. The van der Waals surface area contributed by atoms with Crippen LogP contribution in [0.15, 0.2) is 18.2 Å². The number of aryl methyl sites for hydroxylation is 1. The van der Waals surface area contributed by atoms with Crippen molar-refractivity contribution in [3.05, 3.63) is 29.3 Å². The topological polar surface area (TPSA) is 66.6 Å². The summed E-state index contributed by atoms with van der Waals surface area (Å²) >= 11 is 0. The predicted octanol–water partition coefficient (Wildman–Crippen LogP) is 2.04. The average Bonchev–Trinajstić information content (AvgIpc) is 2.89. The third-order valence-corrected chi connectivity index (χ3v) is 3.84. The molecule has 0 radical (unpaired) electrons. The third kappa shape index (κ3) is 3.07. The van der Waals surface area contributed by atoms with Gasteiger partial charge in [0.25, 0.3) is 5.91 Å². The second kappa shape index (κ2) is 6.06. The number of phenolic OH excluding ortho intramolecular Hbond substituents is 1. The van der Waals surface area contributed by atoms with Crippen LogP contribution < -0.4 is 5.73 Å². The van der Waals surface area contributed by atoms with Crippen LogP contribution in [0.25, 0.3) is 0 Å². The summed E-state index contributed by atoms with van der Waals surface area (Å²) < 4.78 is 0. The SMILES string of the molecule is Cc1cc(O)ccc1C(=O)N(CCN)C1CCCC1. The van der Waals surface area contributed by atoms with Crippen molar-refractivity contribution in [1.82, 2.24) is 4.90 Å². The first-order chi connectivity index (χ1) is 9.13. The van der Waals surface area contributed by atoms with E-state index in [1.54, 1.807) is 18.2 Å². The number of carbonyl (C=O) groups is 1. The molecular weight excluding hydrogens is 240 g/mol. The van der Waals surface area contributed by atoms with Crippen molar-refractivity contribution >= 4 is 5.91 Å². The minimum Gasteiger partial charge on any atom is -0.508 e. The molecule has 0 spiro atoms. The molecule has 0 saturated heterocycles. The summed E-state index contributed by atoms with van der Waals surface area (Å²) in [5, 5.41) is 9.43. The van der Waals surface area contributed by atoms with Crippen LogP contribution >= 0.6 is 0 Å². The maximum Gasteiger partial charge on any atom is 0.254 e. The van der Waals surface area contributed by atoms with Gasteiger partial charge in [-0.2, -0.15) is 0 Å². The van der Waals surface area contributed by atoms with Crippen molar-refractivity contribution in [1.29, 1.82) is 0 Å². The van der Waals surface area contributed by atoms with Gasteiger partial charge in [0.15, 0.2) is 0 Å². The van der Waals surface area contributed by atoms with Crippen LogP contribution in [0.1, 0.15) is 41.6 Å². The first-order valence-electron chi connectivity index (χ1n) is 6.94. The van der Waals surface area contributed by atoms with Crippen LogP contribution in [0.3, 0.4) is 0 Å². The number of carbonyl (C=O) groups excluding carboxylic acids is 1. The van der Waals surface area contributed by atoms with Gasteiger partial charge in [-0.3, -0.25) is 4.79 Å². The predicted molar refractivity (Wildman–Crippen MR) is 75.2 cm³/mol. The summed E-state index contributed by atoms with van der Waals surface area (Å²) in [4.78, 5) is 14.6. The molecule has 1 saturated carbocycles. The molecule has 2 rings (SSSR count). The molecule has 0 atom stereocenters. The summed E-state index contributed by atoms with van der Waals surface area (Å²) in [6.45, 7) is 2.94. The average molecular weight is 262 g/mol. The quantitative estimate of drug-likeness (QED) is 0.872. The fourth-order valence-electron chi connectivity index (χ4n) is 2.85. The van der Waals surface area contributed by atoms with Crippen LogP contribution in [0.2, 0.25) is 0 Å². The van der Waals surface area contributed by atoms with Gasteiger partial charge >= 0.3 is 0 Å². The molecular formula is C15H22N2O2. The maximum absolute atomic E-state index is 12.6. The molecule has 1 fully saturated rings. The molecule has 3 N–H and O–H groups in total. The number of rotatable bonds is 4. The number of hydrogen-bond donors (Lipinski definition) is 2. The highest BCUT2D eigenvalue weighted by atomic mass is 16.3. The minimum absolute atomic E-state index is 0.0369. The van der Waals surface area contributed by atoms with Gasteiger partial charge in [-0.25, -0.2) is 0 Å². The van der Waals surface area contributed by atoms with Crippen molar-refractivity contribution in [2.75, 3.05) is 13.1 Å². The Morgan fingerprint density at radius 3 is 2.68 bits per heavy atom. The highest BCUT2D eigenvalue weighted by molar-refractivity contribution is 5.96. The lowest BCUT2D eigenvalue weighted by Gasteiger charge is -2.29. The largest absolute Gasteiger partial charge is 0.508 e. The molecule has 0 bridgehead atoms. The molecule has 4 heteroatoms. The van der Waals surface area contributed by atoms with E-state index in [0.717, 1.165) is 18.4 Å². The molecule has 1 aliphatic rings. The molecule has 19 heavy (non-hydrogen) atoms. The Morgan fingerprint density at radius 1 is 1.42 bits per heavy atom. The Balaban J connectivity index is 2.22. The van der Waals surface area contributed by atoms with Crippen molar-refractivity contribution in [2.24, 2.45) is 5.73 Å². The van der Waals surface area contributed by atoms with Gasteiger partial charge in [0.2, 0.25) is 0 Å². The molecule has 0 aliphatic heterocycles. The van der Waals surface area contributed by atoms with Crippen molar-refractivity contribution < 1.29 is 9.90 Å². The number of hydrogen-bond acceptors (Lipinski definition) is 3. The van der Waals surface area contributed by atoms with Gasteiger partial charge in [-0.15, -0.1) is 0 Å². The van der Waals surface area contributed by atoms with Gasteiger partial charge in [-0.05, 0) is 43.5 Å². The van der Waals surface area contributed by atoms with Crippen LogP contribution in [0, 0.1) is 6.92 Å². The van der Waals surface area contributed by atoms with E-state index in [1.165, 1.54) is 12.8 Å². The van der Waals surface area contributed by atoms with E-state index in [-0.39, 0.29) is 11.7 Å². The van der Waals surface area contributed by atoms with Crippen LogP contribution in [0.4, 0.5) is 0 Å². The fraction of sp³-hybridized carbons (Fsp3) is 0.533. The van der Waals surface area contributed by atoms with E-state index >= 15 is 0 Å². The summed E-state index contributed by atoms with van der Waals surface area (Å²) in [6.07, 6.45) is 4.52. The van der Waals surface area contributed by atoms with Crippen molar-refractivity contribution in [2.45, 2.75) is 38.6 Å². The van der Waals surface area contributed by atoms with E-state index in [2.05, 4.69) is 0 Å².